The van der Waals surface area contributed by atoms with E-state index in [1.807, 2.05) is 13.8 Å². The fraction of sp³-hybridized carbons (Fsp3) is 0.846. The molecule has 0 rings (SSSR count). The molecule has 0 aromatic rings. The van der Waals surface area contributed by atoms with Gasteiger partial charge in [-0.1, -0.05) is 0 Å². The summed E-state index contributed by atoms with van der Waals surface area (Å²) in [6.45, 7) is 6.64. The second-order valence-corrected chi connectivity index (χ2v) is 4.32. The van der Waals surface area contributed by atoms with Crippen LogP contribution in [0.4, 0.5) is 0 Å². The van der Waals surface area contributed by atoms with Crippen LogP contribution in [0, 0.1) is 0 Å². The minimum absolute atomic E-state index is 0.00840. The van der Waals surface area contributed by atoms with Crippen molar-refractivity contribution in [3.63, 3.8) is 0 Å². The molecule has 0 aliphatic carbocycles. The first-order valence-electron chi connectivity index (χ1n) is 6.95. The van der Waals surface area contributed by atoms with Crippen LogP contribution in [-0.4, -0.2) is 84.4 Å². The maximum Gasteiger partial charge on any atom is 0.304 e. The molecule has 0 bridgehead atoms. The van der Waals surface area contributed by atoms with Gasteiger partial charge in [-0.15, -0.1) is 0 Å². The van der Waals surface area contributed by atoms with Crippen LogP contribution in [0.3, 0.4) is 0 Å². The number of aliphatic carboxylic acids is 1. The Morgan fingerprint density at radius 1 is 1.10 bits per heavy atom. The zero-order valence-corrected chi connectivity index (χ0v) is 12.4. The molecule has 0 saturated carbocycles. The molecule has 0 radical (unpaired) electrons. The van der Waals surface area contributed by atoms with E-state index in [-0.39, 0.29) is 32.1 Å². The summed E-state index contributed by atoms with van der Waals surface area (Å²) in [5.41, 5.74) is 0. The number of nitrogens with zero attached hydrogens (tertiary/aromatic N) is 2. The highest BCUT2D eigenvalue weighted by atomic mass is 16.5. The number of carboxylic acid groups (broad SMARTS) is 1. The monoisotopic (exact) mass is 290 g/mol. The number of ether oxygens (including phenoxy) is 1. The Morgan fingerprint density at radius 3 is 2.25 bits per heavy atom. The number of rotatable bonds is 12. The average molecular weight is 290 g/mol. The van der Waals surface area contributed by atoms with E-state index in [0.29, 0.717) is 32.8 Å². The molecular weight excluding hydrogens is 264 g/mol. The molecule has 118 valence electrons. The lowest BCUT2D eigenvalue weighted by molar-refractivity contribution is -0.138. The van der Waals surface area contributed by atoms with E-state index in [1.165, 1.54) is 0 Å². The number of amides is 1. The predicted octanol–water partition coefficient (Wildman–Crippen LogP) is -0.360. The minimum atomic E-state index is -0.887. The highest BCUT2D eigenvalue weighted by Gasteiger charge is 2.15. The van der Waals surface area contributed by atoms with Crippen molar-refractivity contribution in [2.24, 2.45) is 0 Å². The first kappa shape index (κ1) is 18.8. The van der Waals surface area contributed by atoms with E-state index in [1.54, 1.807) is 9.80 Å². The third kappa shape index (κ3) is 8.84. The van der Waals surface area contributed by atoms with Crippen molar-refractivity contribution in [2.45, 2.75) is 20.3 Å². The molecule has 0 heterocycles. The van der Waals surface area contributed by atoms with Crippen molar-refractivity contribution >= 4 is 11.9 Å². The highest BCUT2D eigenvalue weighted by Crippen LogP contribution is 1.97. The smallest absolute Gasteiger partial charge is 0.304 e. The van der Waals surface area contributed by atoms with Crippen molar-refractivity contribution in [3.05, 3.63) is 0 Å². The van der Waals surface area contributed by atoms with Crippen LogP contribution in [0.2, 0.25) is 0 Å². The van der Waals surface area contributed by atoms with Gasteiger partial charge >= 0.3 is 5.97 Å². The van der Waals surface area contributed by atoms with Gasteiger partial charge in [-0.2, -0.15) is 0 Å². The van der Waals surface area contributed by atoms with Crippen molar-refractivity contribution < 1.29 is 24.5 Å². The molecule has 0 fully saturated rings. The Kier molecular flexibility index (Phi) is 10.9. The van der Waals surface area contributed by atoms with Crippen molar-refractivity contribution in [1.82, 2.24) is 9.80 Å². The molecule has 0 saturated heterocycles. The molecule has 2 N–H and O–H groups in total. The van der Waals surface area contributed by atoms with E-state index >= 15 is 0 Å². The van der Waals surface area contributed by atoms with Gasteiger partial charge in [0.05, 0.1) is 32.8 Å². The van der Waals surface area contributed by atoms with Crippen molar-refractivity contribution in [3.8, 4) is 0 Å². The first-order chi connectivity index (χ1) is 9.54. The summed E-state index contributed by atoms with van der Waals surface area (Å²) in [7, 11) is 0. The first-order valence-corrected chi connectivity index (χ1v) is 6.95. The highest BCUT2D eigenvalue weighted by molar-refractivity contribution is 5.78. The molecular formula is C13H26N2O5. The topological polar surface area (TPSA) is 90.3 Å². The van der Waals surface area contributed by atoms with Crippen LogP contribution in [0.5, 0.6) is 0 Å². The summed E-state index contributed by atoms with van der Waals surface area (Å²) in [5, 5.41) is 17.3. The van der Waals surface area contributed by atoms with Crippen LogP contribution < -0.4 is 0 Å². The molecule has 7 nitrogen and oxygen atoms in total. The third-order valence-electron chi connectivity index (χ3n) is 2.90. The van der Waals surface area contributed by atoms with Crippen molar-refractivity contribution in [2.75, 3.05) is 52.5 Å². The summed E-state index contributed by atoms with van der Waals surface area (Å²) in [6, 6.07) is 0. The van der Waals surface area contributed by atoms with Gasteiger partial charge in [0.2, 0.25) is 5.91 Å². The van der Waals surface area contributed by atoms with Crippen molar-refractivity contribution in [1.29, 1.82) is 0 Å². The lowest BCUT2D eigenvalue weighted by Gasteiger charge is -2.25. The number of aliphatic hydroxyl groups excluding tert-OH is 1. The standard InChI is InChI=1S/C13H26N2O5/c1-3-15(4-2)12(17)11-14(6-5-13(18)19)7-9-20-10-8-16/h16H,3-11H2,1-2H3,(H,18,19). The van der Waals surface area contributed by atoms with Gasteiger partial charge in [-0.05, 0) is 13.8 Å². The average Bonchev–Trinajstić information content (AvgIpc) is 2.41. The Hall–Kier alpha value is -1.18. The van der Waals surface area contributed by atoms with Gasteiger partial charge in [-0.25, -0.2) is 0 Å². The molecule has 0 spiro atoms. The molecule has 0 aliphatic heterocycles. The molecule has 0 aromatic heterocycles. The van der Waals surface area contributed by atoms with E-state index in [2.05, 4.69) is 0 Å². The van der Waals surface area contributed by atoms with Gasteiger partial charge in [0.1, 0.15) is 0 Å². The van der Waals surface area contributed by atoms with Crippen LogP contribution in [0.15, 0.2) is 0 Å². The molecule has 20 heavy (non-hydrogen) atoms. The lowest BCUT2D eigenvalue weighted by atomic mass is 10.3. The number of carbonyl (C=O) groups is 2. The van der Waals surface area contributed by atoms with Crippen LogP contribution in [-0.2, 0) is 14.3 Å². The lowest BCUT2D eigenvalue weighted by Crippen LogP contribution is -2.42. The number of likely N-dealkylation sites (N-methyl/N-ethyl adjacent to an activating group) is 1. The van der Waals surface area contributed by atoms with Crippen LogP contribution >= 0.6 is 0 Å². The molecule has 0 aliphatic rings. The summed E-state index contributed by atoms with van der Waals surface area (Å²) < 4.78 is 5.15. The second-order valence-electron chi connectivity index (χ2n) is 4.32. The molecule has 0 atom stereocenters. The number of carbonyl (C=O) groups excluding carboxylic acids is 1. The summed E-state index contributed by atoms with van der Waals surface area (Å²) in [4.78, 5) is 26.1. The Bertz CT molecular complexity index is 282. The Balaban J connectivity index is 4.27. The summed E-state index contributed by atoms with van der Waals surface area (Å²) >= 11 is 0. The number of hydrogen-bond acceptors (Lipinski definition) is 5. The quantitative estimate of drug-likeness (QED) is 0.477. The van der Waals surface area contributed by atoms with Gasteiger partial charge in [-0.3, -0.25) is 14.5 Å². The minimum Gasteiger partial charge on any atom is -0.481 e. The SMILES string of the molecule is CCN(CC)C(=O)CN(CCOCCO)CCC(=O)O. The fourth-order valence-corrected chi connectivity index (χ4v) is 1.75. The Labute approximate surface area is 120 Å². The maximum absolute atomic E-state index is 12.0. The number of carboxylic acids is 1. The number of aliphatic hydroxyl groups is 1. The van der Waals surface area contributed by atoms with E-state index in [4.69, 9.17) is 14.9 Å². The summed E-state index contributed by atoms with van der Waals surface area (Å²) in [6.07, 6.45) is -0.00840. The largest absolute Gasteiger partial charge is 0.481 e. The van der Waals surface area contributed by atoms with Gasteiger partial charge in [0.25, 0.3) is 0 Å². The molecule has 1 amide bonds. The van der Waals surface area contributed by atoms with E-state index in [9.17, 15) is 9.59 Å². The zero-order chi connectivity index (χ0) is 15.4. The molecule has 0 unspecified atom stereocenters. The van der Waals surface area contributed by atoms with Gasteiger partial charge in [0.15, 0.2) is 0 Å². The van der Waals surface area contributed by atoms with Gasteiger partial charge < -0.3 is 19.8 Å². The Morgan fingerprint density at radius 2 is 1.75 bits per heavy atom. The zero-order valence-electron chi connectivity index (χ0n) is 12.4. The molecule has 7 heteroatoms. The van der Waals surface area contributed by atoms with E-state index < -0.39 is 5.97 Å². The van der Waals surface area contributed by atoms with Crippen LogP contribution in [0.25, 0.3) is 0 Å². The third-order valence-corrected chi connectivity index (χ3v) is 2.90. The summed E-state index contributed by atoms with van der Waals surface area (Å²) in [5.74, 6) is -0.899. The maximum atomic E-state index is 12.0. The van der Waals surface area contributed by atoms with Gasteiger partial charge in [0, 0.05) is 26.2 Å². The van der Waals surface area contributed by atoms with E-state index in [0.717, 1.165) is 0 Å². The fourth-order valence-electron chi connectivity index (χ4n) is 1.75. The second kappa shape index (κ2) is 11.6. The predicted molar refractivity (Wildman–Crippen MR) is 74.5 cm³/mol. The molecule has 0 aromatic carbocycles. The van der Waals surface area contributed by atoms with Crippen LogP contribution in [0.1, 0.15) is 20.3 Å². The normalized spacial score (nSPS) is 10.8. The number of hydrogen-bond donors (Lipinski definition) is 2.